The lowest BCUT2D eigenvalue weighted by Crippen LogP contribution is -2.50. The van der Waals surface area contributed by atoms with Gasteiger partial charge in [0.05, 0.1) is 32.0 Å². The monoisotopic (exact) mass is 268 g/mol. The number of unbranched alkanes of at least 4 members (excludes halogenated alkanes) is 1. The van der Waals surface area contributed by atoms with Gasteiger partial charge in [-0.05, 0) is 26.7 Å². The van der Waals surface area contributed by atoms with Gasteiger partial charge < -0.3 is 9.22 Å². The summed E-state index contributed by atoms with van der Waals surface area (Å²) in [5, 5.41) is 0. The Bertz CT molecular complexity index is 286. The first-order chi connectivity index (χ1) is 7.89. The lowest BCUT2D eigenvalue weighted by atomic mass is 10.2. The van der Waals surface area contributed by atoms with Crippen molar-refractivity contribution >= 4 is 10.1 Å². The Labute approximate surface area is 105 Å². The largest absolute Gasteiger partial charge is 0.379 e. The maximum absolute atomic E-state index is 10.6. The molecule has 0 aliphatic heterocycles. The van der Waals surface area contributed by atoms with Crippen LogP contribution in [0.4, 0.5) is 0 Å². The summed E-state index contributed by atoms with van der Waals surface area (Å²) in [5.41, 5.74) is 0. The van der Waals surface area contributed by atoms with Crippen LogP contribution >= 0.6 is 0 Å². The third kappa shape index (κ3) is 7.70. The average Bonchev–Trinajstić information content (AvgIpc) is 2.28. The molecule has 0 unspecified atom stereocenters. The molecule has 0 atom stereocenters. The van der Waals surface area contributed by atoms with E-state index in [9.17, 15) is 8.42 Å². The van der Waals surface area contributed by atoms with E-state index < -0.39 is 10.1 Å². The van der Waals surface area contributed by atoms with Crippen molar-refractivity contribution in [3.8, 4) is 0 Å². The van der Waals surface area contributed by atoms with Crippen LogP contribution in [0.2, 0.25) is 0 Å². The lowest BCUT2D eigenvalue weighted by molar-refractivity contribution is -0.925. The summed E-state index contributed by atoms with van der Waals surface area (Å²) in [7, 11) is -2.11. The topological polar surface area (TPSA) is 63.6 Å². The van der Waals surface area contributed by atoms with Gasteiger partial charge in [-0.25, -0.2) is 0 Å². The van der Waals surface area contributed by atoms with Gasteiger partial charge in [-0.2, -0.15) is 8.42 Å². The van der Waals surface area contributed by atoms with E-state index in [-0.39, 0.29) is 5.75 Å². The molecular weight excluding hydrogens is 242 g/mol. The molecule has 0 fully saturated rings. The number of likely N-dealkylation sites (N-methyl/N-ethyl adjacent to an activating group) is 1. The number of quaternary nitrogens is 1. The SMILES string of the molecule is CC[N+](CC)(CCCCS(=O)(=O)O)CCOC. The number of methoxy groups -OCH3 is 1. The van der Waals surface area contributed by atoms with Crippen molar-refractivity contribution in [1.82, 2.24) is 0 Å². The summed E-state index contributed by atoms with van der Waals surface area (Å²) < 4.78 is 35.9. The van der Waals surface area contributed by atoms with Crippen LogP contribution in [0.1, 0.15) is 26.7 Å². The highest BCUT2D eigenvalue weighted by atomic mass is 32.2. The zero-order valence-electron chi connectivity index (χ0n) is 11.2. The van der Waals surface area contributed by atoms with Crippen LogP contribution in [0, 0.1) is 0 Å². The molecule has 0 amide bonds. The zero-order chi connectivity index (χ0) is 13.4. The zero-order valence-corrected chi connectivity index (χ0v) is 12.0. The number of nitrogens with zero attached hydrogens (tertiary/aromatic N) is 1. The molecule has 1 N–H and O–H groups in total. The minimum atomic E-state index is -3.80. The second-order valence-corrected chi connectivity index (χ2v) is 5.98. The second kappa shape index (κ2) is 8.02. The molecular formula is C11H26NO4S+. The van der Waals surface area contributed by atoms with E-state index in [1.165, 1.54) is 0 Å². The van der Waals surface area contributed by atoms with Crippen molar-refractivity contribution in [1.29, 1.82) is 0 Å². The van der Waals surface area contributed by atoms with Gasteiger partial charge in [0, 0.05) is 7.11 Å². The number of hydrogen-bond acceptors (Lipinski definition) is 3. The van der Waals surface area contributed by atoms with Crippen molar-refractivity contribution in [2.45, 2.75) is 26.7 Å². The van der Waals surface area contributed by atoms with Gasteiger partial charge in [0.15, 0.2) is 0 Å². The van der Waals surface area contributed by atoms with Crippen LogP contribution in [0.3, 0.4) is 0 Å². The van der Waals surface area contributed by atoms with Crippen molar-refractivity contribution in [2.75, 3.05) is 45.6 Å². The molecule has 6 heteroatoms. The van der Waals surface area contributed by atoms with Crippen molar-refractivity contribution in [3.63, 3.8) is 0 Å². The second-order valence-electron chi connectivity index (χ2n) is 4.41. The lowest BCUT2D eigenvalue weighted by Gasteiger charge is -2.36. The Hall–Kier alpha value is -0.170. The fourth-order valence-electron chi connectivity index (χ4n) is 1.98. The van der Waals surface area contributed by atoms with E-state index >= 15 is 0 Å². The smallest absolute Gasteiger partial charge is 0.264 e. The molecule has 104 valence electrons. The Morgan fingerprint density at radius 3 is 2.12 bits per heavy atom. The van der Waals surface area contributed by atoms with E-state index in [2.05, 4.69) is 13.8 Å². The highest BCUT2D eigenvalue weighted by Gasteiger charge is 2.22. The third-order valence-corrected chi connectivity index (χ3v) is 4.20. The molecule has 0 saturated carbocycles. The van der Waals surface area contributed by atoms with E-state index in [1.54, 1.807) is 7.11 Å². The van der Waals surface area contributed by atoms with Crippen LogP contribution < -0.4 is 0 Å². The third-order valence-electron chi connectivity index (χ3n) is 3.40. The van der Waals surface area contributed by atoms with Crippen LogP contribution in [-0.2, 0) is 14.9 Å². The molecule has 0 rings (SSSR count). The predicted octanol–water partition coefficient (Wildman–Crippen LogP) is 1.16. The number of hydrogen-bond donors (Lipinski definition) is 1. The van der Waals surface area contributed by atoms with Gasteiger partial charge in [0.25, 0.3) is 10.1 Å². The van der Waals surface area contributed by atoms with E-state index in [0.29, 0.717) is 6.42 Å². The standard InChI is InChI=1S/C11H25NO4S/c1-4-12(5-2,9-10-16-3)8-6-7-11-17(13,14)15/h4-11H2,1-3H3/p+1. The summed E-state index contributed by atoms with van der Waals surface area (Å²) in [6.45, 7) is 8.93. The highest BCUT2D eigenvalue weighted by molar-refractivity contribution is 7.85. The molecule has 0 saturated heterocycles. The minimum Gasteiger partial charge on any atom is -0.379 e. The molecule has 0 radical (unpaired) electrons. The van der Waals surface area contributed by atoms with Gasteiger partial charge in [0.2, 0.25) is 0 Å². The summed E-state index contributed by atoms with van der Waals surface area (Å²) in [6, 6.07) is 0. The van der Waals surface area contributed by atoms with Crippen LogP contribution in [0.15, 0.2) is 0 Å². The Balaban J connectivity index is 4.08. The molecule has 0 aromatic heterocycles. The van der Waals surface area contributed by atoms with Gasteiger partial charge in [-0.3, -0.25) is 4.55 Å². The van der Waals surface area contributed by atoms with Crippen molar-refractivity contribution in [2.24, 2.45) is 0 Å². The normalized spacial score (nSPS) is 12.9. The number of rotatable bonds is 10. The first kappa shape index (κ1) is 16.8. The van der Waals surface area contributed by atoms with Crippen LogP contribution in [-0.4, -0.2) is 63.1 Å². The summed E-state index contributed by atoms with van der Waals surface area (Å²) >= 11 is 0. The highest BCUT2D eigenvalue weighted by Crippen LogP contribution is 2.09. The van der Waals surface area contributed by atoms with Gasteiger partial charge in [-0.15, -0.1) is 0 Å². The summed E-state index contributed by atoms with van der Waals surface area (Å²) in [6.07, 6.45) is 1.33. The van der Waals surface area contributed by atoms with Crippen LogP contribution in [0.25, 0.3) is 0 Å². The molecule has 0 aromatic rings. The maximum Gasteiger partial charge on any atom is 0.264 e. The molecule has 0 aromatic carbocycles. The molecule has 5 nitrogen and oxygen atoms in total. The minimum absolute atomic E-state index is 0.134. The molecule has 0 spiro atoms. The predicted molar refractivity (Wildman–Crippen MR) is 68.6 cm³/mol. The summed E-state index contributed by atoms with van der Waals surface area (Å²) in [5.74, 6) is -0.134. The first-order valence-electron chi connectivity index (χ1n) is 6.18. The van der Waals surface area contributed by atoms with E-state index in [1.807, 2.05) is 0 Å². The van der Waals surface area contributed by atoms with E-state index in [0.717, 1.165) is 43.7 Å². The Morgan fingerprint density at radius 1 is 1.12 bits per heavy atom. The fourth-order valence-corrected chi connectivity index (χ4v) is 2.55. The molecule has 0 aliphatic rings. The van der Waals surface area contributed by atoms with Gasteiger partial charge in [0.1, 0.15) is 6.54 Å². The fraction of sp³-hybridized carbons (Fsp3) is 1.00. The molecule has 0 heterocycles. The number of ether oxygens (including phenoxy) is 1. The Kier molecular flexibility index (Phi) is 7.94. The average molecular weight is 268 g/mol. The quantitative estimate of drug-likeness (QED) is 0.367. The molecule has 0 bridgehead atoms. The van der Waals surface area contributed by atoms with Crippen LogP contribution in [0.5, 0.6) is 0 Å². The molecule has 17 heavy (non-hydrogen) atoms. The first-order valence-corrected chi connectivity index (χ1v) is 7.79. The van der Waals surface area contributed by atoms with Gasteiger partial charge >= 0.3 is 0 Å². The maximum atomic E-state index is 10.6. The molecule has 0 aliphatic carbocycles. The van der Waals surface area contributed by atoms with E-state index in [4.69, 9.17) is 9.29 Å². The van der Waals surface area contributed by atoms with Crippen molar-refractivity contribution < 1.29 is 22.2 Å². The van der Waals surface area contributed by atoms with Crippen molar-refractivity contribution in [3.05, 3.63) is 0 Å². The summed E-state index contributed by atoms with van der Waals surface area (Å²) in [4.78, 5) is 0. The Morgan fingerprint density at radius 2 is 1.71 bits per heavy atom. The van der Waals surface area contributed by atoms with Gasteiger partial charge in [-0.1, -0.05) is 0 Å².